The number of nitrogens with zero attached hydrogens (tertiary/aromatic N) is 1. The van der Waals surface area contributed by atoms with Crippen LogP contribution in [0.4, 0.5) is 0 Å². The highest BCUT2D eigenvalue weighted by atomic mass is 32.2. The van der Waals surface area contributed by atoms with Crippen LogP contribution in [0.3, 0.4) is 0 Å². The number of carbonyl (C=O) groups is 1. The molecule has 3 atom stereocenters. The van der Waals surface area contributed by atoms with Gasteiger partial charge in [-0.3, -0.25) is 4.79 Å². The summed E-state index contributed by atoms with van der Waals surface area (Å²) in [7, 11) is -3.41. The molecule has 18 heavy (non-hydrogen) atoms. The molecule has 0 radical (unpaired) electrons. The fourth-order valence-corrected chi connectivity index (χ4v) is 2.51. The first-order valence-corrected chi connectivity index (χ1v) is 7.69. The standard InChI is InChI=1S/C10H19N3O4S/c1-6(18(2,16)17)10(14)12-8-5-3-4-7(8)9(11)13-15/h6-8,15H,3-5H2,1-2H3,(H2,11,13)(H,12,14). The Labute approximate surface area is 106 Å². The van der Waals surface area contributed by atoms with E-state index in [9.17, 15) is 13.2 Å². The molecule has 0 saturated heterocycles. The molecule has 0 aromatic heterocycles. The molecule has 0 heterocycles. The maximum absolute atomic E-state index is 11.8. The van der Waals surface area contributed by atoms with E-state index in [-0.39, 0.29) is 17.8 Å². The van der Waals surface area contributed by atoms with Gasteiger partial charge >= 0.3 is 0 Å². The summed E-state index contributed by atoms with van der Waals surface area (Å²) in [5.74, 6) is -0.698. The van der Waals surface area contributed by atoms with E-state index >= 15 is 0 Å². The Morgan fingerprint density at radius 1 is 1.50 bits per heavy atom. The topological polar surface area (TPSA) is 122 Å². The lowest BCUT2D eigenvalue weighted by molar-refractivity contribution is -0.121. The van der Waals surface area contributed by atoms with Crippen LogP contribution in [0, 0.1) is 5.92 Å². The molecule has 4 N–H and O–H groups in total. The quantitative estimate of drug-likeness (QED) is 0.275. The van der Waals surface area contributed by atoms with E-state index in [1.54, 1.807) is 0 Å². The Morgan fingerprint density at radius 3 is 2.61 bits per heavy atom. The molecule has 3 unspecified atom stereocenters. The predicted molar refractivity (Wildman–Crippen MR) is 67.0 cm³/mol. The van der Waals surface area contributed by atoms with Crippen molar-refractivity contribution in [3.05, 3.63) is 0 Å². The first-order valence-electron chi connectivity index (χ1n) is 5.74. The zero-order chi connectivity index (χ0) is 13.9. The molecule has 1 aliphatic rings. The van der Waals surface area contributed by atoms with Crippen molar-refractivity contribution < 1.29 is 18.4 Å². The Bertz CT molecular complexity index is 446. The molecule has 104 valence electrons. The van der Waals surface area contributed by atoms with Crippen LogP contribution in [0.25, 0.3) is 0 Å². The Hall–Kier alpha value is -1.31. The number of hydrogen-bond donors (Lipinski definition) is 3. The molecule has 0 spiro atoms. The molecule has 8 heteroatoms. The van der Waals surface area contributed by atoms with Gasteiger partial charge in [0.1, 0.15) is 11.1 Å². The van der Waals surface area contributed by atoms with Gasteiger partial charge in [0.25, 0.3) is 0 Å². The van der Waals surface area contributed by atoms with Gasteiger partial charge in [0.15, 0.2) is 9.84 Å². The van der Waals surface area contributed by atoms with E-state index in [1.165, 1.54) is 6.92 Å². The minimum absolute atomic E-state index is 0.0739. The monoisotopic (exact) mass is 277 g/mol. The highest BCUT2D eigenvalue weighted by Gasteiger charge is 2.34. The summed E-state index contributed by atoms with van der Waals surface area (Å²) in [5.41, 5.74) is 5.54. The van der Waals surface area contributed by atoms with Crippen molar-refractivity contribution in [1.82, 2.24) is 5.32 Å². The molecule has 1 rings (SSSR count). The summed E-state index contributed by atoms with van der Waals surface area (Å²) >= 11 is 0. The summed E-state index contributed by atoms with van der Waals surface area (Å²) in [5, 5.41) is 13.2. The Kier molecular flexibility index (Phi) is 4.55. The van der Waals surface area contributed by atoms with Gasteiger partial charge < -0.3 is 16.3 Å². The second-order valence-corrected chi connectivity index (χ2v) is 7.02. The van der Waals surface area contributed by atoms with Gasteiger partial charge in [0.05, 0.1) is 0 Å². The average molecular weight is 277 g/mol. The van der Waals surface area contributed by atoms with Gasteiger partial charge in [-0.15, -0.1) is 0 Å². The second-order valence-electron chi connectivity index (χ2n) is 4.65. The van der Waals surface area contributed by atoms with Crippen LogP contribution in [0.1, 0.15) is 26.2 Å². The fraction of sp³-hybridized carbons (Fsp3) is 0.800. The van der Waals surface area contributed by atoms with Crippen molar-refractivity contribution in [2.24, 2.45) is 16.8 Å². The van der Waals surface area contributed by atoms with E-state index in [0.29, 0.717) is 12.8 Å². The number of oxime groups is 1. The van der Waals surface area contributed by atoms with E-state index in [1.807, 2.05) is 0 Å². The summed E-state index contributed by atoms with van der Waals surface area (Å²) in [6, 6.07) is -0.266. The third kappa shape index (κ3) is 3.34. The van der Waals surface area contributed by atoms with Crippen LogP contribution in [0.2, 0.25) is 0 Å². The molecule has 1 aliphatic carbocycles. The fourth-order valence-electron chi connectivity index (χ4n) is 2.06. The summed E-state index contributed by atoms with van der Waals surface area (Å²) in [4.78, 5) is 11.8. The number of carbonyl (C=O) groups excluding carboxylic acids is 1. The predicted octanol–water partition coefficient (Wildman–Crippen LogP) is -0.549. The minimum Gasteiger partial charge on any atom is -0.409 e. The lowest BCUT2D eigenvalue weighted by Gasteiger charge is -2.21. The number of hydrogen-bond acceptors (Lipinski definition) is 5. The van der Waals surface area contributed by atoms with Crippen LogP contribution in [-0.2, 0) is 14.6 Å². The molecule has 1 fully saturated rings. The largest absolute Gasteiger partial charge is 0.409 e. The van der Waals surface area contributed by atoms with E-state index in [0.717, 1.165) is 12.7 Å². The third-order valence-corrected chi connectivity index (χ3v) is 4.85. The lowest BCUT2D eigenvalue weighted by Crippen LogP contribution is -2.47. The van der Waals surface area contributed by atoms with E-state index < -0.39 is 21.0 Å². The molecule has 1 amide bonds. The number of nitrogens with two attached hydrogens (primary N) is 1. The van der Waals surface area contributed by atoms with Gasteiger partial charge in [-0.05, 0) is 19.8 Å². The number of amides is 1. The first kappa shape index (κ1) is 14.7. The molecule has 7 nitrogen and oxygen atoms in total. The van der Waals surface area contributed by atoms with Crippen molar-refractivity contribution in [3.8, 4) is 0 Å². The lowest BCUT2D eigenvalue weighted by atomic mass is 10.0. The Morgan fingerprint density at radius 2 is 2.11 bits per heavy atom. The molecule has 1 saturated carbocycles. The van der Waals surface area contributed by atoms with Gasteiger partial charge in [-0.1, -0.05) is 11.6 Å². The van der Waals surface area contributed by atoms with Gasteiger partial charge in [0, 0.05) is 18.2 Å². The maximum Gasteiger partial charge on any atom is 0.238 e. The molecule has 0 bridgehead atoms. The molecule has 0 aliphatic heterocycles. The molecular formula is C10H19N3O4S. The van der Waals surface area contributed by atoms with E-state index in [4.69, 9.17) is 10.9 Å². The van der Waals surface area contributed by atoms with Gasteiger partial charge in [-0.2, -0.15) is 0 Å². The van der Waals surface area contributed by atoms with Gasteiger partial charge in [-0.25, -0.2) is 8.42 Å². The van der Waals surface area contributed by atoms with Crippen molar-refractivity contribution >= 4 is 21.6 Å². The maximum atomic E-state index is 11.8. The first-order chi connectivity index (χ1) is 8.27. The minimum atomic E-state index is -3.41. The van der Waals surface area contributed by atoms with Crippen LogP contribution >= 0.6 is 0 Å². The highest BCUT2D eigenvalue weighted by molar-refractivity contribution is 7.92. The molecule has 0 aromatic rings. The van der Waals surface area contributed by atoms with Gasteiger partial charge in [0.2, 0.25) is 5.91 Å². The number of sulfone groups is 1. The van der Waals surface area contributed by atoms with Crippen LogP contribution in [0.15, 0.2) is 5.16 Å². The normalized spacial score (nSPS) is 26.9. The van der Waals surface area contributed by atoms with E-state index in [2.05, 4.69) is 10.5 Å². The summed E-state index contributed by atoms with van der Waals surface area (Å²) in [6.45, 7) is 1.35. The Balaban J connectivity index is 2.70. The zero-order valence-electron chi connectivity index (χ0n) is 10.5. The smallest absolute Gasteiger partial charge is 0.238 e. The summed E-state index contributed by atoms with van der Waals surface area (Å²) < 4.78 is 22.5. The highest BCUT2D eigenvalue weighted by Crippen LogP contribution is 2.26. The average Bonchev–Trinajstić information content (AvgIpc) is 2.73. The second kappa shape index (κ2) is 5.55. The van der Waals surface area contributed by atoms with Crippen molar-refractivity contribution in [2.75, 3.05) is 6.26 Å². The number of amidine groups is 1. The molecule has 0 aromatic carbocycles. The van der Waals surface area contributed by atoms with Crippen molar-refractivity contribution in [3.63, 3.8) is 0 Å². The van der Waals surface area contributed by atoms with Crippen LogP contribution < -0.4 is 11.1 Å². The molecular weight excluding hydrogens is 258 g/mol. The van der Waals surface area contributed by atoms with Crippen LogP contribution in [0.5, 0.6) is 0 Å². The van der Waals surface area contributed by atoms with Crippen molar-refractivity contribution in [2.45, 2.75) is 37.5 Å². The third-order valence-electron chi connectivity index (χ3n) is 3.35. The summed E-state index contributed by atoms with van der Waals surface area (Å²) in [6.07, 6.45) is 3.28. The number of rotatable bonds is 4. The number of nitrogens with one attached hydrogen (secondary N) is 1. The zero-order valence-corrected chi connectivity index (χ0v) is 11.3. The SMILES string of the molecule is CC(C(=O)NC1CCCC1C(N)=NO)S(C)(=O)=O. The van der Waals surface area contributed by atoms with Crippen molar-refractivity contribution in [1.29, 1.82) is 0 Å². The van der Waals surface area contributed by atoms with Crippen LogP contribution in [-0.4, -0.2) is 42.9 Å².